The molecule has 9 aromatic carbocycles. The minimum Gasteiger partial charge on any atom is -0.455 e. The number of benzene rings is 9. The molecule has 0 N–H and O–H groups in total. The van der Waals surface area contributed by atoms with Gasteiger partial charge in [-0.2, -0.15) is 0 Å². The van der Waals surface area contributed by atoms with Crippen LogP contribution in [0.15, 0.2) is 223 Å². The summed E-state index contributed by atoms with van der Waals surface area (Å²) in [5.41, 5.74) is 20.4. The molecule has 0 saturated carbocycles. The van der Waals surface area contributed by atoms with Gasteiger partial charge < -0.3 is 4.42 Å². The summed E-state index contributed by atoms with van der Waals surface area (Å²) in [5.74, 6) is 0.615. The number of furan rings is 1. The van der Waals surface area contributed by atoms with Crippen molar-refractivity contribution in [2.75, 3.05) is 0 Å². The van der Waals surface area contributed by atoms with Gasteiger partial charge >= 0.3 is 0 Å². The maximum Gasteiger partial charge on any atom is 0.164 e. The van der Waals surface area contributed by atoms with E-state index in [0.717, 1.165) is 61.1 Å². The summed E-state index contributed by atoms with van der Waals surface area (Å²) < 4.78 is 6.62. The molecule has 2 aromatic heterocycles. The highest BCUT2D eigenvalue weighted by Crippen LogP contribution is 2.61. The molecule has 0 atom stereocenters. The molecule has 0 aliphatic heterocycles. The first-order chi connectivity index (χ1) is 30.8. The Labute approximate surface area is 359 Å². The molecule has 2 aliphatic carbocycles. The van der Waals surface area contributed by atoms with E-state index in [0.29, 0.717) is 5.82 Å². The number of hydrogen-bond acceptors (Lipinski definition) is 3. The van der Waals surface area contributed by atoms with E-state index in [1.165, 1.54) is 55.6 Å². The van der Waals surface area contributed by atoms with Crippen molar-refractivity contribution in [1.29, 1.82) is 0 Å². The molecule has 2 heterocycles. The SMILES string of the molecule is c1ccc(-c2ccccc2-c2cc(-c3ccc4c(c3)C3(c5ccccc5-c5ccccc5-c5ccccc53)c3ccccc3-4)nc(-c3cccc4c3oc3ccccc34)n2)cc1. The lowest BCUT2D eigenvalue weighted by molar-refractivity contribution is 0.669. The summed E-state index contributed by atoms with van der Waals surface area (Å²) in [6.45, 7) is 0. The largest absolute Gasteiger partial charge is 0.455 e. The lowest BCUT2D eigenvalue weighted by atomic mass is 9.65. The van der Waals surface area contributed by atoms with Crippen molar-refractivity contribution in [1.82, 2.24) is 9.97 Å². The Morgan fingerprint density at radius 1 is 0.306 bits per heavy atom. The summed E-state index contributed by atoms with van der Waals surface area (Å²) in [6.07, 6.45) is 0. The van der Waals surface area contributed by atoms with Crippen LogP contribution >= 0.6 is 0 Å². The van der Waals surface area contributed by atoms with Gasteiger partial charge in [0.05, 0.1) is 22.4 Å². The maximum atomic E-state index is 6.62. The number of rotatable bonds is 4. The van der Waals surface area contributed by atoms with Crippen LogP contribution in [-0.4, -0.2) is 9.97 Å². The summed E-state index contributed by atoms with van der Waals surface area (Å²) in [5, 5.41) is 2.12. The van der Waals surface area contributed by atoms with Gasteiger partial charge in [-0.25, -0.2) is 9.97 Å². The van der Waals surface area contributed by atoms with E-state index in [1.54, 1.807) is 0 Å². The van der Waals surface area contributed by atoms with Crippen LogP contribution < -0.4 is 0 Å². The van der Waals surface area contributed by atoms with Gasteiger partial charge in [-0.05, 0) is 91.0 Å². The van der Waals surface area contributed by atoms with Crippen molar-refractivity contribution < 1.29 is 4.42 Å². The third-order valence-corrected chi connectivity index (χ3v) is 13.2. The zero-order valence-electron chi connectivity index (χ0n) is 33.6. The second-order valence-corrected chi connectivity index (χ2v) is 16.3. The predicted octanol–water partition coefficient (Wildman–Crippen LogP) is 15.1. The summed E-state index contributed by atoms with van der Waals surface area (Å²) in [7, 11) is 0. The van der Waals surface area contributed by atoms with Crippen molar-refractivity contribution in [3.05, 3.63) is 241 Å². The van der Waals surface area contributed by atoms with Crippen LogP contribution in [-0.2, 0) is 5.41 Å². The molecule has 0 radical (unpaired) electrons. The van der Waals surface area contributed by atoms with Gasteiger partial charge in [0.25, 0.3) is 0 Å². The van der Waals surface area contributed by atoms with Crippen molar-refractivity contribution in [2.24, 2.45) is 0 Å². The van der Waals surface area contributed by atoms with Gasteiger partial charge in [0, 0.05) is 21.9 Å². The topological polar surface area (TPSA) is 38.9 Å². The monoisotopic (exact) mass is 788 g/mol. The fourth-order valence-electron chi connectivity index (χ4n) is 10.6. The molecule has 3 nitrogen and oxygen atoms in total. The Hall–Kier alpha value is -8.14. The van der Waals surface area contributed by atoms with Gasteiger partial charge in [-0.3, -0.25) is 0 Å². The van der Waals surface area contributed by atoms with E-state index in [2.05, 4.69) is 206 Å². The third kappa shape index (κ3) is 4.94. The van der Waals surface area contributed by atoms with Crippen LogP contribution in [0.4, 0.5) is 0 Å². The minimum absolute atomic E-state index is 0.605. The van der Waals surface area contributed by atoms with Crippen LogP contribution in [0.2, 0.25) is 0 Å². The molecule has 0 bridgehead atoms. The van der Waals surface area contributed by atoms with E-state index in [4.69, 9.17) is 14.4 Å². The number of hydrogen-bond donors (Lipinski definition) is 0. The minimum atomic E-state index is -0.605. The zero-order chi connectivity index (χ0) is 40.8. The normalized spacial score (nSPS) is 13.0. The van der Waals surface area contributed by atoms with E-state index in [-0.39, 0.29) is 0 Å². The highest BCUT2D eigenvalue weighted by atomic mass is 16.3. The Kier molecular flexibility index (Phi) is 7.52. The highest BCUT2D eigenvalue weighted by molar-refractivity contribution is 6.09. The summed E-state index contributed by atoms with van der Waals surface area (Å²) in [6, 6.07) is 78.7. The quantitative estimate of drug-likeness (QED) is 0.178. The fourth-order valence-corrected chi connectivity index (χ4v) is 10.6. The fraction of sp³-hybridized carbons (Fsp3) is 0.0169. The Balaban J connectivity index is 1.10. The van der Waals surface area contributed by atoms with E-state index in [1.807, 2.05) is 12.1 Å². The zero-order valence-corrected chi connectivity index (χ0v) is 33.6. The smallest absolute Gasteiger partial charge is 0.164 e. The molecule has 0 amide bonds. The number of fused-ring (bicyclic) bond motifs is 15. The van der Waals surface area contributed by atoms with Crippen LogP contribution in [0.5, 0.6) is 0 Å². The second-order valence-electron chi connectivity index (χ2n) is 16.3. The highest BCUT2D eigenvalue weighted by Gasteiger charge is 2.49. The molecule has 2 aliphatic rings. The maximum absolute atomic E-state index is 6.62. The van der Waals surface area contributed by atoms with Crippen LogP contribution in [0.1, 0.15) is 22.3 Å². The van der Waals surface area contributed by atoms with E-state index < -0.39 is 5.41 Å². The molecule has 13 rings (SSSR count). The van der Waals surface area contributed by atoms with Crippen molar-refractivity contribution >= 4 is 21.9 Å². The molecular weight excluding hydrogens is 753 g/mol. The number of aromatic nitrogens is 2. The molecular formula is C59H36N2O. The average molecular weight is 789 g/mol. The molecule has 288 valence electrons. The molecule has 3 heteroatoms. The number of nitrogens with zero attached hydrogens (tertiary/aromatic N) is 2. The Morgan fingerprint density at radius 2 is 0.806 bits per heavy atom. The van der Waals surface area contributed by atoms with Gasteiger partial charge in [-0.1, -0.05) is 194 Å². The van der Waals surface area contributed by atoms with E-state index >= 15 is 0 Å². The lowest BCUT2D eigenvalue weighted by Gasteiger charge is -2.35. The van der Waals surface area contributed by atoms with Gasteiger partial charge in [0.2, 0.25) is 0 Å². The summed E-state index contributed by atoms with van der Waals surface area (Å²) >= 11 is 0. The van der Waals surface area contributed by atoms with Gasteiger partial charge in [-0.15, -0.1) is 0 Å². The Morgan fingerprint density at radius 3 is 1.50 bits per heavy atom. The van der Waals surface area contributed by atoms with Crippen molar-refractivity contribution in [3.8, 4) is 78.4 Å². The molecule has 62 heavy (non-hydrogen) atoms. The molecule has 0 fully saturated rings. The average Bonchev–Trinajstić information content (AvgIpc) is 3.84. The first kappa shape index (κ1) is 34.7. The first-order valence-corrected chi connectivity index (χ1v) is 21.2. The van der Waals surface area contributed by atoms with Crippen molar-refractivity contribution in [2.45, 2.75) is 5.41 Å². The predicted molar refractivity (Wildman–Crippen MR) is 253 cm³/mol. The summed E-state index contributed by atoms with van der Waals surface area (Å²) in [4.78, 5) is 10.9. The van der Waals surface area contributed by atoms with Crippen LogP contribution in [0, 0.1) is 0 Å². The van der Waals surface area contributed by atoms with Gasteiger partial charge in [0.1, 0.15) is 11.2 Å². The van der Waals surface area contributed by atoms with Crippen LogP contribution in [0.25, 0.3) is 100 Å². The first-order valence-electron chi connectivity index (χ1n) is 21.2. The molecule has 11 aromatic rings. The Bertz CT molecular complexity index is 3530. The van der Waals surface area contributed by atoms with Gasteiger partial charge in [0.15, 0.2) is 5.82 Å². The number of para-hydroxylation sites is 2. The molecule has 0 saturated heterocycles. The standard InChI is InChI=1S/C59H36N2O/c1-2-17-37(18-3-1)39-19-4-7-25-46(39)55-36-54(60-58(61-55)49-28-16-27-48-47-26-11-15-32-56(47)62-57(48)49)38-33-34-45-44-24-10-14-31-52(44)59(53(45)35-38)50-29-12-8-22-42(50)40-20-5-6-21-41(40)43-23-9-13-30-51(43)59/h1-36H. The lowest BCUT2D eigenvalue weighted by Crippen LogP contribution is -2.29. The van der Waals surface area contributed by atoms with Crippen molar-refractivity contribution in [3.63, 3.8) is 0 Å². The molecule has 1 spiro atoms. The third-order valence-electron chi connectivity index (χ3n) is 13.2. The van der Waals surface area contributed by atoms with E-state index in [9.17, 15) is 0 Å². The van der Waals surface area contributed by atoms with Crippen LogP contribution in [0.3, 0.4) is 0 Å². The molecule has 0 unspecified atom stereocenters. The second kappa shape index (κ2) is 13.4.